The van der Waals surface area contributed by atoms with Gasteiger partial charge in [-0.2, -0.15) is 0 Å². The van der Waals surface area contributed by atoms with Gasteiger partial charge in [0.2, 0.25) is 0 Å². The summed E-state index contributed by atoms with van der Waals surface area (Å²) in [6, 6.07) is -0.429. The van der Waals surface area contributed by atoms with E-state index in [2.05, 4.69) is 41.0 Å². The number of carboxylic acid groups (broad SMARTS) is 1. The maximum Gasteiger partial charge on any atom is 0.320 e. The minimum atomic E-state index is -0.772. The molecule has 2 aliphatic heterocycles. The molecule has 0 aromatic heterocycles. The molecular formula is C39H76N4O6. The van der Waals surface area contributed by atoms with Crippen molar-refractivity contribution < 1.29 is 29.0 Å². The van der Waals surface area contributed by atoms with Crippen molar-refractivity contribution in [3.63, 3.8) is 0 Å². The van der Waals surface area contributed by atoms with Gasteiger partial charge in [-0.1, -0.05) is 40.0 Å². The van der Waals surface area contributed by atoms with E-state index in [1.165, 1.54) is 19.3 Å². The Morgan fingerprint density at radius 3 is 1.82 bits per heavy atom. The second kappa shape index (κ2) is 31.1. The Balaban J connectivity index is 0.000000821. The molecule has 0 aromatic carbocycles. The number of nitrogens with one attached hydrogen (secondary N) is 1. The second-order valence-corrected chi connectivity index (χ2v) is 14.2. The van der Waals surface area contributed by atoms with Gasteiger partial charge in [0.05, 0.1) is 6.54 Å². The highest BCUT2D eigenvalue weighted by Gasteiger charge is 2.27. The van der Waals surface area contributed by atoms with E-state index in [0.717, 1.165) is 110 Å². The molecule has 49 heavy (non-hydrogen) atoms. The molecule has 2 heterocycles. The Morgan fingerprint density at radius 2 is 1.35 bits per heavy atom. The van der Waals surface area contributed by atoms with Crippen LogP contribution in [0.5, 0.6) is 0 Å². The van der Waals surface area contributed by atoms with Gasteiger partial charge in [0.25, 0.3) is 0 Å². The van der Waals surface area contributed by atoms with Crippen LogP contribution in [0, 0.1) is 11.8 Å². The standard InChI is InChI=1S/C18H33NO2.C17H35N3O3.C4H8O/c1-4-15-10-6-8-12-19(3)13-9-7-11-16(18(15)21)14-17(20)5-2;1-5-15(21)14-20(4)13-9-8-12-19(3)11-7-6-10-16(18-2)17(22)23;1-2-4-5-3-1/h15-16H,4-14H2,1-3H3;16,18H,5-14H2,1-4H3,(H,22,23);1-4H2/t15-,16?;;/m0../s1. The predicted octanol–water partition coefficient (Wildman–Crippen LogP) is 6.10. The van der Waals surface area contributed by atoms with Crippen LogP contribution >= 0.6 is 0 Å². The van der Waals surface area contributed by atoms with Gasteiger partial charge >= 0.3 is 5.97 Å². The zero-order valence-corrected chi connectivity index (χ0v) is 32.7. The third-order valence-electron chi connectivity index (χ3n) is 9.78. The fourth-order valence-corrected chi connectivity index (χ4v) is 6.30. The van der Waals surface area contributed by atoms with Crippen LogP contribution in [0.3, 0.4) is 0 Å². The lowest BCUT2D eigenvalue weighted by Gasteiger charge is -2.24. The lowest BCUT2D eigenvalue weighted by Crippen LogP contribution is -2.33. The highest BCUT2D eigenvalue weighted by molar-refractivity contribution is 5.89. The Kier molecular flexibility index (Phi) is 30.0. The number of hydrogen-bond donors (Lipinski definition) is 2. The van der Waals surface area contributed by atoms with Crippen LogP contribution in [0.4, 0.5) is 0 Å². The summed E-state index contributed by atoms with van der Waals surface area (Å²) >= 11 is 0. The number of carboxylic acids is 1. The van der Waals surface area contributed by atoms with Gasteiger partial charge < -0.3 is 25.0 Å². The molecule has 2 aliphatic rings. The number of ketones is 3. The number of hydrogen-bond acceptors (Lipinski definition) is 9. The van der Waals surface area contributed by atoms with Gasteiger partial charge in [-0.05, 0) is 132 Å². The lowest BCUT2D eigenvalue weighted by molar-refractivity contribution is -0.139. The Morgan fingerprint density at radius 1 is 0.816 bits per heavy atom. The molecule has 0 aromatic rings. The van der Waals surface area contributed by atoms with Crippen LogP contribution in [0.25, 0.3) is 0 Å². The quantitative estimate of drug-likeness (QED) is 0.153. The molecular weight excluding hydrogens is 620 g/mol. The zero-order valence-electron chi connectivity index (χ0n) is 32.7. The van der Waals surface area contributed by atoms with E-state index in [1.54, 1.807) is 7.05 Å². The molecule has 2 rings (SSSR count). The molecule has 0 bridgehead atoms. The van der Waals surface area contributed by atoms with Crippen molar-refractivity contribution >= 4 is 23.3 Å². The highest BCUT2D eigenvalue weighted by atomic mass is 16.5. The van der Waals surface area contributed by atoms with Crippen LogP contribution in [0.2, 0.25) is 0 Å². The fraction of sp³-hybridized carbons (Fsp3) is 0.897. The van der Waals surface area contributed by atoms with Crippen molar-refractivity contribution in [2.45, 2.75) is 136 Å². The van der Waals surface area contributed by atoms with E-state index in [9.17, 15) is 19.2 Å². The first kappa shape index (κ1) is 47.3. The average molecular weight is 697 g/mol. The molecule has 2 N–H and O–H groups in total. The van der Waals surface area contributed by atoms with Gasteiger partial charge in [0.1, 0.15) is 23.4 Å². The molecule has 2 fully saturated rings. The zero-order chi connectivity index (χ0) is 36.9. The fourth-order valence-electron chi connectivity index (χ4n) is 6.30. The van der Waals surface area contributed by atoms with Crippen molar-refractivity contribution in [1.82, 2.24) is 20.0 Å². The summed E-state index contributed by atoms with van der Waals surface area (Å²) in [5, 5.41) is 11.8. The largest absolute Gasteiger partial charge is 0.480 e. The van der Waals surface area contributed by atoms with Crippen molar-refractivity contribution in [1.29, 1.82) is 0 Å². The van der Waals surface area contributed by atoms with Gasteiger partial charge in [-0.25, -0.2) is 0 Å². The van der Waals surface area contributed by atoms with Gasteiger partial charge in [0.15, 0.2) is 0 Å². The molecule has 0 aliphatic carbocycles. The van der Waals surface area contributed by atoms with E-state index in [0.29, 0.717) is 43.8 Å². The Bertz CT molecular complexity index is 861. The smallest absolute Gasteiger partial charge is 0.320 e. The van der Waals surface area contributed by atoms with Crippen LogP contribution in [0.15, 0.2) is 0 Å². The molecule has 3 atom stereocenters. The third-order valence-corrected chi connectivity index (χ3v) is 9.78. The van der Waals surface area contributed by atoms with Crippen molar-refractivity contribution in [3.05, 3.63) is 0 Å². The van der Waals surface area contributed by atoms with E-state index in [1.807, 2.05) is 20.9 Å². The summed E-state index contributed by atoms with van der Waals surface area (Å²) in [5.41, 5.74) is 0. The van der Waals surface area contributed by atoms with Crippen LogP contribution in [-0.4, -0.2) is 130 Å². The number of nitrogens with zero attached hydrogens (tertiary/aromatic N) is 3. The molecule has 288 valence electrons. The number of carbonyl (C=O) groups excluding carboxylic acids is 3. The summed E-state index contributed by atoms with van der Waals surface area (Å²) in [6.45, 7) is 13.7. The molecule has 10 nitrogen and oxygen atoms in total. The molecule has 2 unspecified atom stereocenters. The van der Waals surface area contributed by atoms with Crippen molar-refractivity contribution in [2.24, 2.45) is 11.8 Å². The highest BCUT2D eigenvalue weighted by Crippen LogP contribution is 2.25. The summed E-state index contributed by atoms with van der Waals surface area (Å²) in [6.07, 6.45) is 16.4. The van der Waals surface area contributed by atoms with Crippen molar-refractivity contribution in [2.75, 3.05) is 80.7 Å². The van der Waals surface area contributed by atoms with Crippen LogP contribution in [-0.2, 0) is 23.9 Å². The molecule has 2 saturated heterocycles. The molecule has 0 radical (unpaired) electrons. The number of unbranched alkanes of at least 4 members (excludes halogenated alkanes) is 2. The third kappa shape index (κ3) is 25.8. The summed E-state index contributed by atoms with van der Waals surface area (Å²) in [7, 11) is 7.98. The normalized spacial score (nSPS) is 20.0. The molecule has 0 saturated carbocycles. The monoisotopic (exact) mass is 697 g/mol. The summed E-state index contributed by atoms with van der Waals surface area (Å²) < 4.78 is 4.94. The van der Waals surface area contributed by atoms with E-state index in [4.69, 9.17) is 9.84 Å². The number of aliphatic carboxylic acids is 1. The summed E-state index contributed by atoms with van der Waals surface area (Å²) in [5.74, 6) is 0.287. The van der Waals surface area contributed by atoms with Crippen LogP contribution < -0.4 is 5.32 Å². The van der Waals surface area contributed by atoms with Gasteiger partial charge in [-0.15, -0.1) is 0 Å². The number of likely N-dealkylation sites (N-methyl/N-ethyl adjacent to an activating group) is 2. The topological polar surface area (TPSA) is 119 Å². The first-order chi connectivity index (χ1) is 23.5. The Labute approximate surface area is 300 Å². The minimum Gasteiger partial charge on any atom is -0.480 e. The predicted molar refractivity (Wildman–Crippen MR) is 201 cm³/mol. The molecule has 10 heteroatoms. The first-order valence-corrected chi connectivity index (χ1v) is 19.6. The first-order valence-electron chi connectivity index (χ1n) is 19.6. The lowest BCUT2D eigenvalue weighted by atomic mass is 9.82. The van der Waals surface area contributed by atoms with E-state index >= 15 is 0 Å². The summed E-state index contributed by atoms with van der Waals surface area (Å²) in [4.78, 5) is 53.5. The minimum absolute atomic E-state index is 0.0212. The molecule has 0 amide bonds. The van der Waals surface area contributed by atoms with Crippen molar-refractivity contribution in [3.8, 4) is 0 Å². The average Bonchev–Trinajstić information content (AvgIpc) is 3.68. The van der Waals surface area contributed by atoms with Gasteiger partial charge in [-0.3, -0.25) is 24.1 Å². The van der Waals surface area contributed by atoms with Gasteiger partial charge in [0, 0.05) is 44.3 Å². The number of carbonyl (C=O) groups is 4. The molecule has 0 spiro atoms. The number of Topliss-reactive ketones (excluding diaryl/α,β-unsaturated/α-hetero) is 3. The Hall–Kier alpha value is -1.72. The maximum absolute atomic E-state index is 12.7. The second-order valence-electron chi connectivity index (χ2n) is 14.2. The van der Waals surface area contributed by atoms with Crippen LogP contribution in [0.1, 0.15) is 130 Å². The number of rotatable bonds is 19. The number of ether oxygens (including phenoxy) is 1. The SMILES string of the molecule is C1CCOC1.CCC(=O)CC1CCCCN(C)CCCC[C@H](CC)C1=O.CCC(=O)CN(C)CCCCN(C)CCCCC(NC)C(=O)O. The van der Waals surface area contributed by atoms with E-state index in [-0.39, 0.29) is 17.6 Å². The van der Waals surface area contributed by atoms with E-state index < -0.39 is 12.0 Å². The maximum atomic E-state index is 12.7.